The van der Waals surface area contributed by atoms with Crippen LogP contribution in [0.15, 0.2) is 40.2 Å². The number of benzene rings is 1. The quantitative estimate of drug-likeness (QED) is 0.693. The van der Waals surface area contributed by atoms with E-state index in [0.717, 1.165) is 23.5 Å². The van der Waals surface area contributed by atoms with Gasteiger partial charge in [0.2, 0.25) is 0 Å². The normalized spacial score (nSPS) is 13.6. The lowest BCUT2D eigenvalue weighted by molar-refractivity contribution is -0.118. The van der Waals surface area contributed by atoms with Gasteiger partial charge in [0.25, 0.3) is 11.8 Å². The summed E-state index contributed by atoms with van der Waals surface area (Å²) in [6, 6.07) is 8.64. The van der Waals surface area contributed by atoms with E-state index in [1.165, 1.54) is 11.3 Å². The molecular formula is C17H14ClN3O3S. The van der Waals surface area contributed by atoms with Gasteiger partial charge in [-0.15, -0.1) is 11.3 Å². The summed E-state index contributed by atoms with van der Waals surface area (Å²) in [6.45, 7) is -0.103. The number of thiophene rings is 1. The van der Waals surface area contributed by atoms with Crippen molar-refractivity contribution in [3.05, 3.63) is 46.6 Å². The fourth-order valence-corrected chi connectivity index (χ4v) is 3.17. The van der Waals surface area contributed by atoms with Crippen molar-refractivity contribution in [3.8, 4) is 16.5 Å². The lowest BCUT2D eigenvalue weighted by Crippen LogP contribution is -2.20. The average molecular weight is 376 g/mol. The van der Waals surface area contributed by atoms with Crippen LogP contribution in [-0.2, 0) is 4.79 Å². The highest BCUT2D eigenvalue weighted by Crippen LogP contribution is 2.40. The van der Waals surface area contributed by atoms with Crippen LogP contribution in [0.2, 0.25) is 5.02 Å². The summed E-state index contributed by atoms with van der Waals surface area (Å²) >= 11 is 7.26. The largest absolute Gasteiger partial charge is 0.484 e. The zero-order valence-corrected chi connectivity index (χ0v) is 14.6. The summed E-state index contributed by atoms with van der Waals surface area (Å²) in [7, 11) is 0. The number of hydrogen-bond acceptors (Lipinski definition) is 6. The molecule has 128 valence electrons. The predicted molar refractivity (Wildman–Crippen MR) is 95.2 cm³/mol. The van der Waals surface area contributed by atoms with Gasteiger partial charge in [0.05, 0.1) is 5.69 Å². The van der Waals surface area contributed by atoms with Gasteiger partial charge in [-0.2, -0.15) is 4.98 Å². The minimum Gasteiger partial charge on any atom is -0.484 e. The van der Waals surface area contributed by atoms with Crippen LogP contribution >= 0.6 is 22.9 Å². The zero-order chi connectivity index (χ0) is 17.2. The molecule has 8 heteroatoms. The molecule has 6 nitrogen and oxygen atoms in total. The number of rotatable bonds is 6. The van der Waals surface area contributed by atoms with Gasteiger partial charge in [-0.1, -0.05) is 16.8 Å². The van der Waals surface area contributed by atoms with Gasteiger partial charge in [-0.3, -0.25) is 4.79 Å². The van der Waals surface area contributed by atoms with Gasteiger partial charge < -0.3 is 14.6 Å². The standard InChI is InChI=1S/C17H14ClN3O3S/c18-11-3-5-12(6-4-11)23-9-14(22)19-13-7-8-25-15(13)17-20-16(21-24-17)10-1-2-10/h3-8,10H,1-2,9H2,(H,19,22). The Kier molecular flexibility index (Phi) is 4.42. The average Bonchev–Trinajstić information content (AvgIpc) is 3.16. The van der Waals surface area contributed by atoms with Gasteiger partial charge in [-0.05, 0) is 48.6 Å². The first-order valence-electron chi connectivity index (χ1n) is 7.79. The van der Waals surface area contributed by atoms with Crippen LogP contribution in [0, 0.1) is 0 Å². The summed E-state index contributed by atoms with van der Waals surface area (Å²) in [5.41, 5.74) is 0.640. The second-order valence-electron chi connectivity index (χ2n) is 5.69. The molecule has 0 bridgehead atoms. The van der Waals surface area contributed by atoms with Crippen LogP contribution < -0.4 is 10.1 Å². The molecule has 1 aromatic carbocycles. The fourth-order valence-electron chi connectivity index (χ4n) is 2.27. The zero-order valence-electron chi connectivity index (χ0n) is 13.1. The van der Waals surface area contributed by atoms with Crippen molar-refractivity contribution in [2.75, 3.05) is 11.9 Å². The van der Waals surface area contributed by atoms with Crippen LogP contribution in [0.4, 0.5) is 5.69 Å². The van der Waals surface area contributed by atoms with Crippen molar-refractivity contribution in [1.29, 1.82) is 0 Å². The van der Waals surface area contributed by atoms with E-state index in [2.05, 4.69) is 15.5 Å². The monoisotopic (exact) mass is 375 g/mol. The van der Waals surface area contributed by atoms with Crippen molar-refractivity contribution in [3.63, 3.8) is 0 Å². The molecule has 25 heavy (non-hydrogen) atoms. The number of nitrogens with one attached hydrogen (secondary N) is 1. The van der Waals surface area contributed by atoms with E-state index < -0.39 is 0 Å². The lowest BCUT2D eigenvalue weighted by Gasteiger charge is -2.07. The van der Waals surface area contributed by atoms with Crippen LogP contribution in [0.3, 0.4) is 0 Å². The first-order valence-corrected chi connectivity index (χ1v) is 9.04. The van der Waals surface area contributed by atoms with Gasteiger partial charge in [0.15, 0.2) is 12.4 Å². The summed E-state index contributed by atoms with van der Waals surface area (Å²) in [5, 5.41) is 9.31. The van der Waals surface area contributed by atoms with Crippen molar-refractivity contribution >= 4 is 34.5 Å². The van der Waals surface area contributed by atoms with Crippen LogP contribution in [0.1, 0.15) is 24.6 Å². The number of ether oxygens (including phenoxy) is 1. The first kappa shape index (κ1) is 16.1. The van der Waals surface area contributed by atoms with E-state index in [1.807, 2.05) is 5.38 Å². The number of carbonyl (C=O) groups excluding carboxylic acids is 1. The van der Waals surface area contributed by atoms with Gasteiger partial charge >= 0.3 is 0 Å². The molecule has 0 saturated heterocycles. The Hall–Kier alpha value is -2.38. The molecule has 2 heterocycles. The Labute approximate surface area is 152 Å². The van der Waals surface area contributed by atoms with Crippen molar-refractivity contribution in [2.45, 2.75) is 18.8 Å². The topological polar surface area (TPSA) is 77.2 Å². The number of aromatic nitrogens is 2. The van der Waals surface area contributed by atoms with E-state index in [-0.39, 0.29) is 12.5 Å². The number of carbonyl (C=O) groups is 1. The smallest absolute Gasteiger partial charge is 0.270 e. The molecule has 1 N–H and O–H groups in total. The maximum absolute atomic E-state index is 12.1. The minimum atomic E-state index is -0.267. The van der Waals surface area contributed by atoms with E-state index >= 15 is 0 Å². The molecule has 1 amide bonds. The van der Waals surface area contributed by atoms with E-state index in [0.29, 0.717) is 28.3 Å². The number of anilines is 1. The number of hydrogen-bond donors (Lipinski definition) is 1. The highest BCUT2D eigenvalue weighted by Gasteiger charge is 2.29. The fraction of sp³-hybridized carbons (Fsp3) is 0.235. The molecule has 0 radical (unpaired) electrons. The summed E-state index contributed by atoms with van der Waals surface area (Å²) < 4.78 is 10.8. The number of amides is 1. The van der Waals surface area contributed by atoms with Gasteiger partial charge in [0, 0.05) is 10.9 Å². The molecule has 1 aliphatic carbocycles. The maximum atomic E-state index is 12.1. The summed E-state index contributed by atoms with van der Waals surface area (Å²) in [6.07, 6.45) is 2.21. The molecule has 2 aromatic heterocycles. The summed E-state index contributed by atoms with van der Waals surface area (Å²) in [5.74, 6) is 1.91. The minimum absolute atomic E-state index is 0.103. The molecule has 3 aromatic rings. The highest BCUT2D eigenvalue weighted by atomic mass is 35.5. The predicted octanol–water partition coefficient (Wildman–Crippen LogP) is 4.35. The molecule has 0 aliphatic heterocycles. The molecule has 0 spiro atoms. The van der Waals surface area contributed by atoms with Crippen LogP contribution in [0.5, 0.6) is 5.75 Å². The number of halogens is 1. The van der Waals surface area contributed by atoms with Crippen LogP contribution in [-0.4, -0.2) is 22.7 Å². The Morgan fingerprint density at radius 2 is 2.12 bits per heavy atom. The second-order valence-corrected chi connectivity index (χ2v) is 7.04. The molecule has 1 saturated carbocycles. The third kappa shape index (κ3) is 3.83. The second kappa shape index (κ2) is 6.85. The Balaban J connectivity index is 1.39. The van der Waals surface area contributed by atoms with Gasteiger partial charge in [-0.25, -0.2) is 0 Å². The lowest BCUT2D eigenvalue weighted by atomic mass is 10.3. The third-order valence-corrected chi connectivity index (χ3v) is 4.86. The molecule has 1 aliphatic rings. The summed E-state index contributed by atoms with van der Waals surface area (Å²) in [4.78, 5) is 17.3. The Morgan fingerprint density at radius 3 is 2.88 bits per heavy atom. The molecule has 1 fully saturated rings. The van der Waals surface area contributed by atoms with E-state index in [9.17, 15) is 4.79 Å². The van der Waals surface area contributed by atoms with Gasteiger partial charge in [0.1, 0.15) is 10.6 Å². The van der Waals surface area contributed by atoms with Crippen molar-refractivity contribution in [2.24, 2.45) is 0 Å². The Morgan fingerprint density at radius 1 is 1.32 bits per heavy atom. The third-order valence-electron chi connectivity index (χ3n) is 3.70. The Bertz CT molecular complexity index is 887. The van der Waals surface area contributed by atoms with E-state index in [4.69, 9.17) is 20.9 Å². The maximum Gasteiger partial charge on any atom is 0.270 e. The molecular weight excluding hydrogens is 362 g/mol. The van der Waals surface area contributed by atoms with E-state index in [1.54, 1.807) is 30.3 Å². The van der Waals surface area contributed by atoms with Crippen molar-refractivity contribution in [1.82, 2.24) is 10.1 Å². The highest BCUT2D eigenvalue weighted by molar-refractivity contribution is 7.14. The van der Waals surface area contributed by atoms with Crippen molar-refractivity contribution < 1.29 is 14.1 Å². The molecule has 4 rings (SSSR count). The number of nitrogens with zero attached hydrogens (tertiary/aromatic N) is 2. The molecule has 0 atom stereocenters. The first-order chi connectivity index (χ1) is 12.2. The molecule has 0 unspecified atom stereocenters. The SMILES string of the molecule is O=C(COc1ccc(Cl)cc1)Nc1ccsc1-c1nc(C2CC2)no1. The van der Waals surface area contributed by atoms with Crippen LogP contribution in [0.25, 0.3) is 10.8 Å².